The fourth-order valence-corrected chi connectivity index (χ4v) is 1.93. The number of nitrogens with one attached hydrogen (secondary N) is 1. The number of methoxy groups -OCH3 is 2. The van der Waals surface area contributed by atoms with Crippen molar-refractivity contribution in [2.75, 3.05) is 14.2 Å². The van der Waals surface area contributed by atoms with Crippen LogP contribution in [0.3, 0.4) is 0 Å². The first-order valence-corrected chi connectivity index (χ1v) is 6.29. The van der Waals surface area contributed by atoms with Crippen LogP contribution in [0.2, 0.25) is 0 Å². The molecule has 0 bridgehead atoms. The summed E-state index contributed by atoms with van der Waals surface area (Å²) in [5.41, 5.74) is 2.40. The predicted molar refractivity (Wildman–Crippen MR) is 76.5 cm³/mol. The fourth-order valence-electron chi connectivity index (χ4n) is 1.93. The lowest BCUT2D eigenvalue weighted by Gasteiger charge is -2.09. The zero-order valence-electron chi connectivity index (χ0n) is 11.3. The molecule has 0 aliphatic heterocycles. The van der Waals surface area contributed by atoms with Crippen molar-refractivity contribution in [3.8, 4) is 11.5 Å². The van der Waals surface area contributed by atoms with E-state index in [1.807, 2.05) is 30.3 Å². The number of ether oxygens (including phenoxy) is 2. The summed E-state index contributed by atoms with van der Waals surface area (Å²) >= 11 is 0. The van der Waals surface area contributed by atoms with Gasteiger partial charge in [0.05, 0.1) is 14.2 Å². The van der Waals surface area contributed by atoms with Gasteiger partial charge in [-0.15, -0.1) is 0 Å². The van der Waals surface area contributed by atoms with Gasteiger partial charge in [-0.1, -0.05) is 30.3 Å². The lowest BCUT2D eigenvalue weighted by atomic mass is 10.2. The molecule has 0 amide bonds. The zero-order valence-corrected chi connectivity index (χ0v) is 11.3. The molecule has 0 spiro atoms. The van der Waals surface area contributed by atoms with Crippen LogP contribution in [0.4, 0.5) is 0 Å². The molecule has 19 heavy (non-hydrogen) atoms. The van der Waals surface area contributed by atoms with Crippen molar-refractivity contribution >= 4 is 0 Å². The molecule has 0 saturated carbocycles. The Labute approximate surface area is 114 Å². The molecule has 3 nitrogen and oxygen atoms in total. The summed E-state index contributed by atoms with van der Waals surface area (Å²) in [6, 6.07) is 16.1. The third-order valence-corrected chi connectivity index (χ3v) is 3.00. The molecule has 0 unspecified atom stereocenters. The minimum atomic E-state index is 0.788. The first-order valence-electron chi connectivity index (χ1n) is 6.29. The average molecular weight is 257 g/mol. The summed E-state index contributed by atoms with van der Waals surface area (Å²) in [5, 5.41) is 3.41. The predicted octanol–water partition coefficient (Wildman–Crippen LogP) is 2.99. The van der Waals surface area contributed by atoms with Crippen molar-refractivity contribution in [1.29, 1.82) is 0 Å². The highest BCUT2D eigenvalue weighted by Gasteiger charge is 2.01. The van der Waals surface area contributed by atoms with E-state index in [0.717, 1.165) is 24.6 Å². The minimum absolute atomic E-state index is 0.788. The quantitative estimate of drug-likeness (QED) is 0.863. The van der Waals surface area contributed by atoms with Crippen LogP contribution in [0, 0.1) is 0 Å². The first kappa shape index (κ1) is 13.4. The highest BCUT2D eigenvalue weighted by Crippen LogP contribution is 2.17. The molecule has 3 heteroatoms. The van der Waals surface area contributed by atoms with Crippen molar-refractivity contribution in [1.82, 2.24) is 5.32 Å². The van der Waals surface area contributed by atoms with Gasteiger partial charge in [-0.25, -0.2) is 0 Å². The second-order valence-corrected chi connectivity index (χ2v) is 4.26. The molecule has 100 valence electrons. The number of benzene rings is 2. The van der Waals surface area contributed by atoms with Crippen molar-refractivity contribution in [2.24, 2.45) is 0 Å². The van der Waals surface area contributed by atoms with Crippen LogP contribution in [-0.4, -0.2) is 14.2 Å². The Balaban J connectivity index is 1.88. The summed E-state index contributed by atoms with van der Waals surface area (Å²) < 4.78 is 10.5. The molecular formula is C16H19NO2. The molecule has 0 aromatic heterocycles. The average Bonchev–Trinajstić information content (AvgIpc) is 2.48. The van der Waals surface area contributed by atoms with Crippen LogP contribution in [-0.2, 0) is 13.1 Å². The fraction of sp³-hybridized carbons (Fsp3) is 0.250. The van der Waals surface area contributed by atoms with Gasteiger partial charge in [0.1, 0.15) is 11.5 Å². The number of hydrogen-bond acceptors (Lipinski definition) is 3. The van der Waals surface area contributed by atoms with Gasteiger partial charge in [0.15, 0.2) is 0 Å². The Kier molecular flexibility index (Phi) is 4.81. The number of hydrogen-bond donors (Lipinski definition) is 1. The molecule has 0 aliphatic carbocycles. The van der Waals surface area contributed by atoms with E-state index in [1.165, 1.54) is 11.1 Å². The second-order valence-electron chi connectivity index (χ2n) is 4.26. The molecule has 2 aromatic carbocycles. The second kappa shape index (κ2) is 6.81. The first-order chi connectivity index (χ1) is 9.33. The third kappa shape index (κ3) is 3.73. The molecule has 2 rings (SSSR count). The smallest absolute Gasteiger partial charge is 0.123 e. The van der Waals surface area contributed by atoms with Crippen molar-refractivity contribution in [2.45, 2.75) is 13.1 Å². The molecule has 0 aliphatic rings. The van der Waals surface area contributed by atoms with Crippen LogP contribution >= 0.6 is 0 Å². The Bertz CT molecular complexity index is 508. The molecule has 0 fully saturated rings. The van der Waals surface area contributed by atoms with E-state index in [2.05, 4.69) is 23.5 Å². The molecule has 0 atom stereocenters. The monoisotopic (exact) mass is 257 g/mol. The van der Waals surface area contributed by atoms with Gasteiger partial charge in [-0.05, 0) is 23.8 Å². The van der Waals surface area contributed by atoms with Crippen molar-refractivity contribution < 1.29 is 9.47 Å². The summed E-state index contributed by atoms with van der Waals surface area (Å²) in [6.07, 6.45) is 0. The molecule has 0 saturated heterocycles. The standard InChI is InChI=1S/C16H19NO2/c1-18-15-9-7-13(8-10-15)11-17-12-14-5-3-4-6-16(14)19-2/h3-10,17H,11-12H2,1-2H3. The van der Waals surface area contributed by atoms with Crippen LogP contribution < -0.4 is 14.8 Å². The third-order valence-electron chi connectivity index (χ3n) is 3.00. The van der Waals surface area contributed by atoms with Crippen molar-refractivity contribution in [3.05, 3.63) is 59.7 Å². The van der Waals surface area contributed by atoms with Gasteiger partial charge < -0.3 is 14.8 Å². The largest absolute Gasteiger partial charge is 0.497 e. The van der Waals surface area contributed by atoms with E-state index in [9.17, 15) is 0 Å². The number of rotatable bonds is 6. The normalized spacial score (nSPS) is 10.2. The Hall–Kier alpha value is -2.00. The van der Waals surface area contributed by atoms with Crippen LogP contribution in [0.25, 0.3) is 0 Å². The minimum Gasteiger partial charge on any atom is -0.497 e. The van der Waals surface area contributed by atoms with E-state index in [0.29, 0.717) is 0 Å². The number of para-hydroxylation sites is 1. The van der Waals surface area contributed by atoms with Crippen LogP contribution in [0.5, 0.6) is 11.5 Å². The van der Waals surface area contributed by atoms with Gasteiger partial charge >= 0.3 is 0 Å². The van der Waals surface area contributed by atoms with E-state index in [4.69, 9.17) is 9.47 Å². The topological polar surface area (TPSA) is 30.5 Å². The maximum atomic E-state index is 5.32. The highest BCUT2D eigenvalue weighted by atomic mass is 16.5. The molecule has 0 radical (unpaired) electrons. The molecular weight excluding hydrogens is 238 g/mol. The molecule has 2 aromatic rings. The van der Waals surface area contributed by atoms with E-state index in [-0.39, 0.29) is 0 Å². The maximum Gasteiger partial charge on any atom is 0.123 e. The van der Waals surface area contributed by atoms with Gasteiger partial charge in [-0.3, -0.25) is 0 Å². The summed E-state index contributed by atoms with van der Waals surface area (Å²) in [7, 11) is 3.37. The van der Waals surface area contributed by atoms with Gasteiger partial charge in [0.2, 0.25) is 0 Å². The molecule has 0 heterocycles. The lowest BCUT2D eigenvalue weighted by molar-refractivity contribution is 0.407. The Morgan fingerprint density at radius 2 is 1.58 bits per heavy atom. The zero-order chi connectivity index (χ0) is 13.5. The van der Waals surface area contributed by atoms with Gasteiger partial charge in [-0.2, -0.15) is 0 Å². The summed E-state index contributed by atoms with van der Waals surface area (Å²) in [4.78, 5) is 0. The summed E-state index contributed by atoms with van der Waals surface area (Å²) in [6.45, 7) is 1.61. The van der Waals surface area contributed by atoms with E-state index < -0.39 is 0 Å². The van der Waals surface area contributed by atoms with Gasteiger partial charge in [0.25, 0.3) is 0 Å². The highest BCUT2D eigenvalue weighted by molar-refractivity contribution is 5.33. The van der Waals surface area contributed by atoms with Crippen molar-refractivity contribution in [3.63, 3.8) is 0 Å². The lowest BCUT2D eigenvalue weighted by Crippen LogP contribution is -2.13. The maximum absolute atomic E-state index is 5.32. The summed E-state index contributed by atoms with van der Waals surface area (Å²) in [5.74, 6) is 1.80. The van der Waals surface area contributed by atoms with Crippen LogP contribution in [0.1, 0.15) is 11.1 Å². The Morgan fingerprint density at radius 1 is 0.842 bits per heavy atom. The molecule has 1 N–H and O–H groups in total. The van der Waals surface area contributed by atoms with Crippen LogP contribution in [0.15, 0.2) is 48.5 Å². The Morgan fingerprint density at radius 3 is 2.26 bits per heavy atom. The van der Waals surface area contributed by atoms with Gasteiger partial charge in [0, 0.05) is 18.7 Å². The SMILES string of the molecule is COc1ccc(CNCc2ccccc2OC)cc1. The van der Waals surface area contributed by atoms with E-state index in [1.54, 1.807) is 14.2 Å². The van der Waals surface area contributed by atoms with E-state index >= 15 is 0 Å².